The third kappa shape index (κ3) is 3.85. The van der Waals surface area contributed by atoms with Crippen molar-refractivity contribution in [2.45, 2.75) is 32.3 Å². The van der Waals surface area contributed by atoms with Gasteiger partial charge in [0.15, 0.2) is 0 Å². The van der Waals surface area contributed by atoms with Crippen LogP contribution in [-0.2, 0) is 4.74 Å². The number of nitrogens with zero attached hydrogens (tertiary/aromatic N) is 2. The van der Waals surface area contributed by atoms with E-state index in [2.05, 4.69) is 15.3 Å². The summed E-state index contributed by atoms with van der Waals surface area (Å²) in [6.07, 6.45) is 5.45. The Bertz CT molecular complexity index is 340. The van der Waals surface area contributed by atoms with Crippen molar-refractivity contribution in [3.8, 4) is 5.88 Å². The second-order valence-corrected chi connectivity index (χ2v) is 4.00. The van der Waals surface area contributed by atoms with Gasteiger partial charge in [-0.25, -0.2) is 4.98 Å². The lowest BCUT2D eigenvalue weighted by Gasteiger charge is -2.10. The molecular formula is C12H19N3O2. The molecule has 1 N–H and O–H groups in total. The van der Waals surface area contributed by atoms with Gasteiger partial charge in [0.05, 0.1) is 12.7 Å². The van der Waals surface area contributed by atoms with E-state index < -0.39 is 0 Å². The molecular weight excluding hydrogens is 218 g/mol. The van der Waals surface area contributed by atoms with Gasteiger partial charge in [-0.05, 0) is 26.2 Å². The largest absolute Gasteiger partial charge is 0.478 e. The minimum absolute atomic E-state index is 0.401. The van der Waals surface area contributed by atoms with Crippen molar-refractivity contribution in [2.75, 3.05) is 25.1 Å². The molecule has 0 spiro atoms. The molecule has 0 bridgehead atoms. The van der Waals surface area contributed by atoms with Gasteiger partial charge >= 0.3 is 0 Å². The van der Waals surface area contributed by atoms with Gasteiger partial charge in [0, 0.05) is 25.4 Å². The van der Waals surface area contributed by atoms with Crippen molar-refractivity contribution in [3.05, 3.63) is 12.3 Å². The van der Waals surface area contributed by atoms with Crippen molar-refractivity contribution in [1.29, 1.82) is 0 Å². The lowest BCUT2D eigenvalue weighted by atomic mass is 10.2. The summed E-state index contributed by atoms with van der Waals surface area (Å²) in [4.78, 5) is 8.38. The summed E-state index contributed by atoms with van der Waals surface area (Å²) in [5.74, 6) is 1.23. The fourth-order valence-electron chi connectivity index (χ4n) is 1.87. The van der Waals surface area contributed by atoms with Crippen molar-refractivity contribution < 1.29 is 9.47 Å². The average molecular weight is 237 g/mol. The van der Waals surface area contributed by atoms with Gasteiger partial charge in [-0.15, -0.1) is 0 Å². The van der Waals surface area contributed by atoms with E-state index in [1.54, 1.807) is 12.3 Å². The number of rotatable bonds is 6. The van der Waals surface area contributed by atoms with Crippen LogP contribution in [-0.4, -0.2) is 35.8 Å². The van der Waals surface area contributed by atoms with Gasteiger partial charge in [-0.2, -0.15) is 4.98 Å². The van der Waals surface area contributed by atoms with Crippen LogP contribution in [0.3, 0.4) is 0 Å². The molecule has 1 aliphatic heterocycles. The molecule has 0 aliphatic carbocycles. The highest BCUT2D eigenvalue weighted by atomic mass is 16.5. The summed E-state index contributed by atoms with van der Waals surface area (Å²) in [6.45, 7) is 4.29. The number of ether oxygens (including phenoxy) is 2. The Morgan fingerprint density at radius 3 is 3.29 bits per heavy atom. The minimum atomic E-state index is 0.401. The first-order chi connectivity index (χ1) is 8.38. The van der Waals surface area contributed by atoms with Crippen molar-refractivity contribution >= 4 is 5.95 Å². The van der Waals surface area contributed by atoms with Crippen LogP contribution in [0.15, 0.2) is 12.3 Å². The average Bonchev–Trinajstić information content (AvgIpc) is 2.83. The van der Waals surface area contributed by atoms with Crippen LogP contribution in [0.1, 0.15) is 26.2 Å². The molecule has 0 aromatic carbocycles. The van der Waals surface area contributed by atoms with E-state index >= 15 is 0 Å². The van der Waals surface area contributed by atoms with Crippen LogP contribution < -0.4 is 10.1 Å². The topological polar surface area (TPSA) is 56.3 Å². The number of nitrogens with one attached hydrogen (secondary N) is 1. The first kappa shape index (κ1) is 12.1. The number of hydrogen-bond donors (Lipinski definition) is 1. The summed E-state index contributed by atoms with van der Waals surface area (Å²) < 4.78 is 10.9. The lowest BCUT2D eigenvalue weighted by Crippen LogP contribution is -2.13. The second-order valence-electron chi connectivity index (χ2n) is 4.00. The fourth-order valence-corrected chi connectivity index (χ4v) is 1.87. The molecule has 94 valence electrons. The first-order valence-corrected chi connectivity index (χ1v) is 6.20. The van der Waals surface area contributed by atoms with Crippen LogP contribution in [0.5, 0.6) is 5.88 Å². The summed E-state index contributed by atoms with van der Waals surface area (Å²) >= 11 is 0. The maximum atomic E-state index is 5.55. The minimum Gasteiger partial charge on any atom is -0.478 e. The van der Waals surface area contributed by atoms with E-state index in [1.165, 1.54) is 12.8 Å². The Hall–Kier alpha value is -1.36. The molecule has 5 nitrogen and oxygen atoms in total. The fraction of sp³-hybridized carbons (Fsp3) is 0.667. The van der Waals surface area contributed by atoms with Crippen LogP contribution in [0.2, 0.25) is 0 Å². The second kappa shape index (κ2) is 6.39. The van der Waals surface area contributed by atoms with Crippen LogP contribution in [0.4, 0.5) is 5.95 Å². The molecule has 0 saturated carbocycles. The van der Waals surface area contributed by atoms with Gasteiger partial charge in [0.25, 0.3) is 0 Å². The molecule has 1 atom stereocenters. The van der Waals surface area contributed by atoms with Crippen molar-refractivity contribution in [2.24, 2.45) is 0 Å². The van der Waals surface area contributed by atoms with E-state index in [4.69, 9.17) is 9.47 Å². The third-order valence-corrected chi connectivity index (χ3v) is 2.70. The molecule has 17 heavy (non-hydrogen) atoms. The standard InChI is InChI=1S/C12H19N3O2/c1-2-16-11-6-8-14-12(15-11)13-7-5-10-4-3-9-17-10/h6,8,10H,2-5,7,9H2,1H3,(H,13,14,15). The number of hydrogen-bond acceptors (Lipinski definition) is 5. The third-order valence-electron chi connectivity index (χ3n) is 2.70. The molecule has 1 aliphatic rings. The predicted octanol–water partition coefficient (Wildman–Crippen LogP) is 1.86. The lowest BCUT2D eigenvalue weighted by molar-refractivity contribution is 0.107. The van der Waals surface area contributed by atoms with Gasteiger partial charge in [-0.1, -0.05) is 0 Å². The molecule has 2 heterocycles. The quantitative estimate of drug-likeness (QED) is 0.818. The summed E-state index contributed by atoms with van der Waals surface area (Å²) in [5, 5.41) is 3.19. The normalized spacial score (nSPS) is 19.2. The van der Waals surface area contributed by atoms with Crippen LogP contribution in [0.25, 0.3) is 0 Å². The Morgan fingerprint density at radius 1 is 1.59 bits per heavy atom. The van der Waals surface area contributed by atoms with Crippen LogP contribution in [0, 0.1) is 0 Å². The van der Waals surface area contributed by atoms with Gasteiger partial charge in [0.2, 0.25) is 11.8 Å². The van der Waals surface area contributed by atoms with Gasteiger partial charge in [0.1, 0.15) is 0 Å². The van der Waals surface area contributed by atoms with Gasteiger partial charge in [-0.3, -0.25) is 0 Å². The molecule has 1 fully saturated rings. The highest BCUT2D eigenvalue weighted by Crippen LogP contribution is 2.15. The monoisotopic (exact) mass is 237 g/mol. The molecule has 0 amide bonds. The highest BCUT2D eigenvalue weighted by Gasteiger charge is 2.14. The van der Waals surface area contributed by atoms with E-state index in [9.17, 15) is 0 Å². The summed E-state index contributed by atoms with van der Waals surface area (Å²) in [5.41, 5.74) is 0. The molecule has 1 saturated heterocycles. The maximum Gasteiger partial charge on any atom is 0.225 e. The van der Waals surface area contributed by atoms with E-state index in [0.717, 1.165) is 19.6 Å². The summed E-state index contributed by atoms with van der Waals surface area (Å²) in [7, 11) is 0. The molecule has 1 aromatic heterocycles. The molecule has 0 radical (unpaired) electrons. The summed E-state index contributed by atoms with van der Waals surface area (Å²) in [6, 6.07) is 1.76. The van der Waals surface area contributed by atoms with E-state index in [-0.39, 0.29) is 0 Å². The Morgan fingerprint density at radius 2 is 2.53 bits per heavy atom. The first-order valence-electron chi connectivity index (χ1n) is 6.20. The Balaban J connectivity index is 1.75. The smallest absolute Gasteiger partial charge is 0.225 e. The molecule has 5 heteroatoms. The number of anilines is 1. The van der Waals surface area contributed by atoms with E-state index in [1.807, 2.05) is 6.92 Å². The Labute approximate surface area is 102 Å². The van der Waals surface area contributed by atoms with Crippen molar-refractivity contribution in [1.82, 2.24) is 9.97 Å². The predicted molar refractivity (Wildman–Crippen MR) is 65.3 cm³/mol. The van der Waals surface area contributed by atoms with E-state index in [0.29, 0.717) is 24.5 Å². The number of aromatic nitrogens is 2. The maximum absolute atomic E-state index is 5.55. The van der Waals surface area contributed by atoms with Crippen LogP contribution >= 0.6 is 0 Å². The Kier molecular flexibility index (Phi) is 4.55. The van der Waals surface area contributed by atoms with Gasteiger partial charge < -0.3 is 14.8 Å². The zero-order valence-electron chi connectivity index (χ0n) is 10.2. The highest BCUT2D eigenvalue weighted by molar-refractivity contribution is 5.27. The zero-order valence-corrected chi connectivity index (χ0v) is 10.2. The SMILES string of the molecule is CCOc1ccnc(NCCC2CCCO2)n1. The molecule has 1 aromatic rings. The zero-order chi connectivity index (χ0) is 11.9. The molecule has 1 unspecified atom stereocenters. The van der Waals surface area contributed by atoms with Crippen molar-refractivity contribution in [3.63, 3.8) is 0 Å². The molecule has 2 rings (SSSR count).